The van der Waals surface area contributed by atoms with Crippen molar-refractivity contribution >= 4 is 17.2 Å². The number of aromatic nitrogens is 1. The molecule has 23 heavy (non-hydrogen) atoms. The number of rotatable bonds is 4. The highest BCUT2D eigenvalue weighted by molar-refractivity contribution is 7.13. The normalized spacial score (nSPS) is 15.7. The molecular weight excluding hydrogens is 310 g/mol. The molecule has 2 aromatic rings. The lowest BCUT2D eigenvalue weighted by atomic mass is 10.3. The molecule has 1 saturated heterocycles. The van der Waals surface area contributed by atoms with Gasteiger partial charge in [-0.2, -0.15) is 0 Å². The molecule has 2 heterocycles. The quantitative estimate of drug-likeness (QED) is 0.863. The van der Waals surface area contributed by atoms with Crippen LogP contribution in [0.1, 0.15) is 20.4 Å². The van der Waals surface area contributed by atoms with Crippen LogP contribution in [-0.4, -0.2) is 53.9 Å². The van der Waals surface area contributed by atoms with Crippen molar-refractivity contribution < 1.29 is 9.53 Å². The summed E-state index contributed by atoms with van der Waals surface area (Å²) in [4.78, 5) is 22.0. The first kappa shape index (κ1) is 16.0. The minimum absolute atomic E-state index is 0.0964. The lowest BCUT2D eigenvalue weighted by Crippen LogP contribution is -2.47. The van der Waals surface area contributed by atoms with Crippen LogP contribution < -0.4 is 4.74 Å². The Hall–Kier alpha value is -1.92. The Morgan fingerprint density at radius 3 is 2.61 bits per heavy atom. The third kappa shape index (κ3) is 3.89. The van der Waals surface area contributed by atoms with E-state index < -0.39 is 0 Å². The lowest BCUT2D eigenvalue weighted by Gasteiger charge is -2.32. The zero-order valence-electron chi connectivity index (χ0n) is 13.5. The predicted molar refractivity (Wildman–Crippen MR) is 91.0 cm³/mol. The van der Waals surface area contributed by atoms with Crippen LogP contribution in [0.4, 0.5) is 0 Å². The molecule has 0 N–H and O–H groups in total. The van der Waals surface area contributed by atoms with Gasteiger partial charge in [-0.1, -0.05) is 18.2 Å². The average molecular weight is 331 g/mol. The number of nitrogens with zero attached hydrogens (tertiary/aromatic N) is 3. The molecule has 1 aliphatic rings. The summed E-state index contributed by atoms with van der Waals surface area (Å²) in [6.07, 6.45) is 0. The van der Waals surface area contributed by atoms with Gasteiger partial charge in [-0.3, -0.25) is 4.79 Å². The first-order chi connectivity index (χ1) is 11.1. The molecule has 0 radical (unpaired) electrons. The summed E-state index contributed by atoms with van der Waals surface area (Å²) < 4.78 is 5.72. The second-order valence-corrected chi connectivity index (χ2v) is 6.80. The van der Waals surface area contributed by atoms with Crippen LogP contribution in [-0.2, 0) is 6.61 Å². The molecule has 0 saturated carbocycles. The zero-order chi connectivity index (χ0) is 16.2. The molecule has 1 aromatic carbocycles. The van der Waals surface area contributed by atoms with Crippen molar-refractivity contribution in [3.8, 4) is 5.75 Å². The summed E-state index contributed by atoms with van der Waals surface area (Å²) in [6, 6.07) is 9.65. The number of hydrogen-bond donors (Lipinski definition) is 0. The van der Waals surface area contributed by atoms with Gasteiger partial charge < -0.3 is 14.5 Å². The number of thiazole rings is 1. The Balaban J connectivity index is 1.64. The van der Waals surface area contributed by atoms with E-state index in [-0.39, 0.29) is 5.91 Å². The molecule has 0 unspecified atom stereocenters. The minimum Gasteiger partial charge on any atom is -0.486 e. The van der Waals surface area contributed by atoms with Gasteiger partial charge in [0.2, 0.25) is 0 Å². The van der Waals surface area contributed by atoms with Crippen molar-refractivity contribution in [3.05, 3.63) is 45.9 Å². The van der Waals surface area contributed by atoms with Gasteiger partial charge in [0, 0.05) is 26.2 Å². The van der Waals surface area contributed by atoms with Gasteiger partial charge in [0.25, 0.3) is 5.91 Å². The van der Waals surface area contributed by atoms with Crippen molar-refractivity contribution in [2.45, 2.75) is 13.5 Å². The van der Waals surface area contributed by atoms with Gasteiger partial charge >= 0.3 is 0 Å². The Bertz CT molecular complexity index is 664. The van der Waals surface area contributed by atoms with E-state index in [1.54, 1.807) is 0 Å². The number of benzene rings is 1. The van der Waals surface area contributed by atoms with Gasteiger partial charge in [-0.05, 0) is 26.1 Å². The number of piperazine rings is 1. The molecule has 6 heteroatoms. The molecule has 1 fully saturated rings. The van der Waals surface area contributed by atoms with E-state index in [1.165, 1.54) is 11.3 Å². The van der Waals surface area contributed by atoms with E-state index >= 15 is 0 Å². The number of hydrogen-bond acceptors (Lipinski definition) is 5. The lowest BCUT2D eigenvalue weighted by molar-refractivity contribution is 0.0668. The van der Waals surface area contributed by atoms with Crippen LogP contribution in [0.2, 0.25) is 0 Å². The van der Waals surface area contributed by atoms with Gasteiger partial charge in [0.1, 0.15) is 22.2 Å². The van der Waals surface area contributed by atoms with Crippen molar-refractivity contribution in [3.63, 3.8) is 0 Å². The maximum absolute atomic E-state index is 12.7. The standard InChI is InChI=1S/C17H21N3O2S/c1-13-16(17(21)20-10-8-19(2)9-11-20)23-15(18-13)12-22-14-6-4-3-5-7-14/h3-7H,8-12H2,1-2H3. The Labute approximate surface area is 140 Å². The van der Waals surface area contributed by atoms with Gasteiger partial charge in [0.15, 0.2) is 0 Å². The summed E-state index contributed by atoms with van der Waals surface area (Å²) >= 11 is 1.44. The Morgan fingerprint density at radius 1 is 1.22 bits per heavy atom. The molecule has 5 nitrogen and oxygen atoms in total. The van der Waals surface area contributed by atoms with E-state index in [2.05, 4.69) is 16.9 Å². The van der Waals surface area contributed by atoms with Crippen LogP contribution in [0.3, 0.4) is 0 Å². The number of carbonyl (C=O) groups excluding carboxylic acids is 1. The van der Waals surface area contributed by atoms with Gasteiger partial charge in [-0.15, -0.1) is 11.3 Å². The summed E-state index contributed by atoms with van der Waals surface area (Å²) in [5.41, 5.74) is 0.797. The molecule has 3 rings (SSSR count). The summed E-state index contributed by atoms with van der Waals surface area (Å²) in [5.74, 6) is 0.909. The van der Waals surface area contributed by atoms with Crippen LogP contribution in [0.25, 0.3) is 0 Å². The molecule has 0 bridgehead atoms. The second-order valence-electron chi connectivity index (χ2n) is 5.72. The molecule has 1 amide bonds. The largest absolute Gasteiger partial charge is 0.486 e. The Kier molecular flexibility index (Phi) is 4.93. The summed E-state index contributed by atoms with van der Waals surface area (Å²) in [6.45, 7) is 5.70. The minimum atomic E-state index is 0.0964. The first-order valence-corrected chi connectivity index (χ1v) is 8.57. The molecule has 0 atom stereocenters. The second kappa shape index (κ2) is 7.10. The number of ether oxygens (including phenoxy) is 1. The highest BCUT2D eigenvalue weighted by atomic mass is 32.1. The summed E-state index contributed by atoms with van der Waals surface area (Å²) in [5, 5.41) is 0.837. The van der Waals surface area contributed by atoms with Crippen molar-refractivity contribution in [1.82, 2.24) is 14.8 Å². The third-order valence-electron chi connectivity index (χ3n) is 3.93. The number of para-hydroxylation sites is 1. The molecule has 1 aliphatic heterocycles. The van der Waals surface area contributed by atoms with Crippen LogP contribution in [0.15, 0.2) is 30.3 Å². The smallest absolute Gasteiger partial charge is 0.265 e. The number of amides is 1. The van der Waals surface area contributed by atoms with Gasteiger partial charge in [0.05, 0.1) is 5.69 Å². The monoisotopic (exact) mass is 331 g/mol. The number of carbonyl (C=O) groups is 1. The van der Waals surface area contributed by atoms with E-state index in [0.717, 1.165) is 47.5 Å². The fourth-order valence-corrected chi connectivity index (χ4v) is 3.47. The van der Waals surface area contributed by atoms with Crippen LogP contribution in [0.5, 0.6) is 5.75 Å². The van der Waals surface area contributed by atoms with E-state index in [9.17, 15) is 4.79 Å². The summed E-state index contributed by atoms with van der Waals surface area (Å²) in [7, 11) is 2.08. The van der Waals surface area contributed by atoms with Crippen LogP contribution >= 0.6 is 11.3 Å². The SMILES string of the molecule is Cc1nc(COc2ccccc2)sc1C(=O)N1CCN(C)CC1. The number of likely N-dealkylation sites (N-methyl/N-ethyl adjacent to an activating group) is 1. The fourth-order valence-electron chi connectivity index (χ4n) is 2.53. The third-order valence-corrected chi connectivity index (χ3v) is 5.05. The van der Waals surface area contributed by atoms with E-state index in [0.29, 0.717) is 6.61 Å². The van der Waals surface area contributed by atoms with E-state index in [4.69, 9.17) is 4.74 Å². The van der Waals surface area contributed by atoms with Crippen molar-refractivity contribution in [1.29, 1.82) is 0 Å². The van der Waals surface area contributed by atoms with E-state index in [1.807, 2.05) is 42.2 Å². The molecule has 0 aliphatic carbocycles. The molecule has 0 spiro atoms. The highest BCUT2D eigenvalue weighted by Crippen LogP contribution is 2.22. The highest BCUT2D eigenvalue weighted by Gasteiger charge is 2.24. The first-order valence-electron chi connectivity index (χ1n) is 7.75. The number of aryl methyl sites for hydroxylation is 1. The molecule has 1 aromatic heterocycles. The predicted octanol–water partition coefficient (Wildman–Crippen LogP) is 2.42. The maximum atomic E-state index is 12.7. The molecule has 122 valence electrons. The maximum Gasteiger partial charge on any atom is 0.265 e. The zero-order valence-corrected chi connectivity index (χ0v) is 14.3. The van der Waals surface area contributed by atoms with Crippen LogP contribution in [0, 0.1) is 6.92 Å². The molecular formula is C17H21N3O2S. The van der Waals surface area contributed by atoms with Crippen molar-refractivity contribution in [2.75, 3.05) is 33.2 Å². The topological polar surface area (TPSA) is 45.7 Å². The Morgan fingerprint density at radius 2 is 1.91 bits per heavy atom. The fraction of sp³-hybridized carbons (Fsp3) is 0.412. The van der Waals surface area contributed by atoms with Gasteiger partial charge in [-0.25, -0.2) is 4.98 Å². The van der Waals surface area contributed by atoms with Crippen molar-refractivity contribution in [2.24, 2.45) is 0 Å². The average Bonchev–Trinajstić information content (AvgIpc) is 2.95.